The largest absolute Gasteiger partial charge is 0.492 e. The van der Waals surface area contributed by atoms with Gasteiger partial charge in [-0.1, -0.05) is 30.8 Å². The zero-order valence-corrected chi connectivity index (χ0v) is 15.6. The lowest BCUT2D eigenvalue weighted by Gasteiger charge is -2.14. The fraction of sp³-hybridized carbons (Fsp3) is 0.333. The minimum absolute atomic E-state index is 0.0135. The molecule has 1 unspecified atom stereocenters. The van der Waals surface area contributed by atoms with Gasteiger partial charge in [0.2, 0.25) is 5.91 Å². The third kappa shape index (κ3) is 4.64. The number of benzene rings is 1. The number of aromatic amines is 1. The van der Waals surface area contributed by atoms with Crippen molar-refractivity contribution in [1.29, 1.82) is 5.26 Å². The van der Waals surface area contributed by atoms with Crippen LogP contribution in [0.5, 0.6) is 5.75 Å². The van der Waals surface area contributed by atoms with E-state index in [9.17, 15) is 9.59 Å². The molecule has 0 saturated heterocycles. The Morgan fingerprint density at radius 1 is 1.42 bits per heavy atom. The first-order valence-electron chi connectivity index (χ1n) is 8.22. The number of thioether (sulfide) groups is 1. The van der Waals surface area contributed by atoms with Crippen LogP contribution in [0.2, 0.25) is 0 Å². The third-order valence-corrected chi connectivity index (χ3v) is 4.51. The Hall–Kier alpha value is -2.79. The van der Waals surface area contributed by atoms with Crippen molar-refractivity contribution in [3.8, 4) is 11.8 Å². The second kappa shape index (κ2) is 9.06. The van der Waals surface area contributed by atoms with Crippen molar-refractivity contribution in [2.24, 2.45) is 0 Å². The average molecular weight is 372 g/mol. The van der Waals surface area contributed by atoms with Crippen molar-refractivity contribution in [1.82, 2.24) is 9.97 Å². The molecule has 0 aliphatic carbocycles. The summed E-state index contributed by atoms with van der Waals surface area (Å²) in [5.74, 6) is 0.353. The number of hydrogen-bond donors (Lipinski definition) is 2. The number of rotatable bonds is 7. The van der Waals surface area contributed by atoms with Gasteiger partial charge in [0.15, 0.2) is 5.16 Å². The van der Waals surface area contributed by atoms with Crippen LogP contribution in [0, 0.1) is 11.3 Å². The quantitative estimate of drug-likeness (QED) is 0.571. The van der Waals surface area contributed by atoms with Crippen LogP contribution in [-0.2, 0) is 11.2 Å². The van der Waals surface area contributed by atoms with Crippen LogP contribution in [0.4, 0.5) is 5.69 Å². The van der Waals surface area contributed by atoms with Crippen LogP contribution in [0.1, 0.15) is 32.0 Å². The zero-order chi connectivity index (χ0) is 19.1. The lowest BCUT2D eigenvalue weighted by atomic mass is 10.2. The second-order valence-corrected chi connectivity index (χ2v) is 6.67. The molecule has 136 valence electrons. The van der Waals surface area contributed by atoms with Gasteiger partial charge in [-0.2, -0.15) is 5.26 Å². The van der Waals surface area contributed by atoms with Gasteiger partial charge in [-0.3, -0.25) is 9.59 Å². The maximum absolute atomic E-state index is 12.5. The summed E-state index contributed by atoms with van der Waals surface area (Å²) >= 11 is 1.12. The van der Waals surface area contributed by atoms with E-state index in [-0.39, 0.29) is 11.5 Å². The van der Waals surface area contributed by atoms with Crippen LogP contribution in [0.25, 0.3) is 0 Å². The predicted octanol–water partition coefficient (Wildman–Crippen LogP) is 2.72. The van der Waals surface area contributed by atoms with Crippen LogP contribution >= 0.6 is 11.8 Å². The first kappa shape index (κ1) is 19.5. The number of aromatic nitrogens is 2. The van der Waals surface area contributed by atoms with Gasteiger partial charge >= 0.3 is 0 Å². The molecule has 0 aliphatic heterocycles. The van der Waals surface area contributed by atoms with Crippen molar-refractivity contribution in [3.05, 3.63) is 45.9 Å². The maximum atomic E-state index is 12.5. The minimum Gasteiger partial charge on any atom is -0.492 e. The average Bonchev–Trinajstić information content (AvgIpc) is 2.62. The van der Waals surface area contributed by atoms with Crippen molar-refractivity contribution >= 4 is 23.4 Å². The number of carbonyl (C=O) groups is 1. The SMILES string of the molecule is CCOc1ccccc1NC(=O)C(C)Sc1nc(CC)c(C#N)c(=O)[nH]1. The minimum atomic E-state index is -0.509. The van der Waals surface area contributed by atoms with E-state index in [0.717, 1.165) is 11.8 Å². The fourth-order valence-electron chi connectivity index (χ4n) is 2.23. The summed E-state index contributed by atoms with van der Waals surface area (Å²) in [4.78, 5) is 31.3. The molecular weight excluding hydrogens is 352 g/mol. The lowest BCUT2D eigenvalue weighted by molar-refractivity contribution is -0.115. The second-order valence-electron chi connectivity index (χ2n) is 5.34. The molecule has 0 spiro atoms. The van der Waals surface area contributed by atoms with E-state index >= 15 is 0 Å². The molecule has 1 atom stereocenters. The molecule has 0 bridgehead atoms. The van der Waals surface area contributed by atoms with Gasteiger partial charge in [-0.05, 0) is 32.4 Å². The van der Waals surface area contributed by atoms with Gasteiger partial charge in [0.1, 0.15) is 17.4 Å². The summed E-state index contributed by atoms with van der Waals surface area (Å²) in [5.41, 5.74) is 0.533. The summed E-state index contributed by atoms with van der Waals surface area (Å²) in [6.07, 6.45) is 0.461. The Bertz CT molecular complexity index is 889. The van der Waals surface area contributed by atoms with E-state index in [1.165, 1.54) is 0 Å². The smallest absolute Gasteiger partial charge is 0.269 e. The molecule has 1 aromatic carbocycles. The first-order chi connectivity index (χ1) is 12.5. The Labute approximate surface area is 155 Å². The number of nitrogens with one attached hydrogen (secondary N) is 2. The van der Waals surface area contributed by atoms with E-state index in [4.69, 9.17) is 10.00 Å². The summed E-state index contributed by atoms with van der Waals surface area (Å²) in [6.45, 7) is 5.90. The van der Waals surface area contributed by atoms with Crippen molar-refractivity contribution in [3.63, 3.8) is 0 Å². The Morgan fingerprint density at radius 2 is 2.15 bits per heavy atom. The first-order valence-corrected chi connectivity index (χ1v) is 9.10. The summed E-state index contributed by atoms with van der Waals surface area (Å²) in [7, 11) is 0. The number of anilines is 1. The Morgan fingerprint density at radius 3 is 2.81 bits per heavy atom. The molecule has 1 amide bonds. The number of ether oxygens (including phenoxy) is 1. The van der Waals surface area contributed by atoms with Gasteiger partial charge < -0.3 is 15.0 Å². The molecule has 7 nitrogen and oxygen atoms in total. The summed E-state index contributed by atoms with van der Waals surface area (Å²) in [6, 6.07) is 9.04. The molecule has 0 radical (unpaired) electrons. The molecule has 8 heteroatoms. The topological polar surface area (TPSA) is 108 Å². The Balaban J connectivity index is 2.14. The number of aryl methyl sites for hydroxylation is 1. The molecule has 1 aromatic heterocycles. The number of nitrogens with zero attached hydrogens (tertiary/aromatic N) is 2. The predicted molar refractivity (Wildman–Crippen MR) is 101 cm³/mol. The third-order valence-electron chi connectivity index (χ3n) is 3.52. The van der Waals surface area contributed by atoms with E-state index in [2.05, 4.69) is 15.3 Å². The molecule has 2 N–H and O–H groups in total. The molecular formula is C18H20N4O3S. The zero-order valence-electron chi connectivity index (χ0n) is 14.8. The van der Waals surface area contributed by atoms with E-state index < -0.39 is 10.8 Å². The van der Waals surface area contributed by atoms with Crippen LogP contribution < -0.4 is 15.6 Å². The molecule has 0 aliphatic rings. The van der Waals surface area contributed by atoms with Crippen molar-refractivity contribution in [2.45, 2.75) is 37.6 Å². The fourth-order valence-corrected chi connectivity index (χ4v) is 3.05. The molecule has 26 heavy (non-hydrogen) atoms. The van der Waals surface area contributed by atoms with E-state index in [1.54, 1.807) is 19.1 Å². The number of para-hydroxylation sites is 2. The highest BCUT2D eigenvalue weighted by molar-refractivity contribution is 8.00. The van der Waals surface area contributed by atoms with Gasteiger partial charge in [-0.15, -0.1) is 0 Å². The van der Waals surface area contributed by atoms with Crippen LogP contribution in [0.3, 0.4) is 0 Å². The van der Waals surface area contributed by atoms with Crippen molar-refractivity contribution in [2.75, 3.05) is 11.9 Å². The number of nitriles is 1. The molecule has 0 fully saturated rings. The number of H-pyrrole nitrogens is 1. The lowest BCUT2D eigenvalue weighted by Crippen LogP contribution is -2.24. The standard InChI is InChI=1S/C18H20N4O3S/c1-4-13-12(10-19)17(24)22-18(21-13)26-11(3)16(23)20-14-8-6-7-9-15(14)25-5-2/h6-9,11H,4-5H2,1-3H3,(H,20,23)(H,21,22,24). The Kier molecular flexibility index (Phi) is 6.81. The molecule has 2 aromatic rings. The summed E-state index contributed by atoms with van der Waals surface area (Å²) in [5, 5.41) is 11.7. The van der Waals surface area contributed by atoms with Crippen molar-refractivity contribution < 1.29 is 9.53 Å². The van der Waals surface area contributed by atoms with Gasteiger partial charge in [0.25, 0.3) is 5.56 Å². The highest BCUT2D eigenvalue weighted by Gasteiger charge is 2.19. The van der Waals surface area contributed by atoms with Gasteiger partial charge in [0.05, 0.1) is 23.2 Å². The van der Waals surface area contributed by atoms with Crippen LogP contribution in [-0.4, -0.2) is 27.7 Å². The van der Waals surface area contributed by atoms with Crippen LogP contribution in [0.15, 0.2) is 34.2 Å². The monoisotopic (exact) mass is 372 g/mol. The van der Waals surface area contributed by atoms with E-state index in [1.807, 2.05) is 32.0 Å². The summed E-state index contributed by atoms with van der Waals surface area (Å²) < 4.78 is 5.50. The highest BCUT2D eigenvalue weighted by atomic mass is 32.2. The normalized spacial score (nSPS) is 11.5. The number of hydrogen-bond acceptors (Lipinski definition) is 6. The number of carbonyl (C=O) groups excluding carboxylic acids is 1. The number of amides is 1. The molecule has 2 rings (SSSR count). The molecule has 1 heterocycles. The maximum Gasteiger partial charge on any atom is 0.269 e. The van der Waals surface area contributed by atoms with E-state index in [0.29, 0.717) is 35.3 Å². The molecule has 0 saturated carbocycles. The van der Waals surface area contributed by atoms with Gasteiger partial charge in [0, 0.05) is 0 Å². The highest BCUT2D eigenvalue weighted by Crippen LogP contribution is 2.26. The van der Waals surface area contributed by atoms with Gasteiger partial charge in [-0.25, -0.2) is 4.98 Å².